The molecule has 7 nitrogen and oxygen atoms in total. The summed E-state index contributed by atoms with van der Waals surface area (Å²) in [5.74, 6) is 3.30. The van der Waals surface area contributed by atoms with E-state index in [1.54, 1.807) is 0 Å². The van der Waals surface area contributed by atoms with E-state index in [1.807, 2.05) is 57.1 Å². The predicted molar refractivity (Wildman–Crippen MR) is 139 cm³/mol. The van der Waals surface area contributed by atoms with Crippen LogP contribution in [0.2, 0.25) is 0 Å². The molecule has 0 unspecified atom stereocenters. The fourth-order valence-corrected chi connectivity index (χ4v) is 2.88. The second-order valence-electron chi connectivity index (χ2n) is 6.90. The van der Waals surface area contributed by atoms with Gasteiger partial charge in [0.1, 0.15) is 5.82 Å². The maximum Gasteiger partial charge on any atom is 0.191 e. The standard InChI is InChI=1S/C23H35N5O2.HI/c1-6-24-23(26-17-19-10-9-11-22(27-19)28(4)5)25-15-14-18-12-13-20(29-7-2)21(16-18)30-8-3;/h9-13,16H,6-8,14-15,17H2,1-5H3,(H2,24,25,26);1H. The maximum atomic E-state index is 5.72. The number of benzene rings is 1. The maximum absolute atomic E-state index is 5.72. The molecular formula is C23H36IN5O2. The molecule has 0 spiro atoms. The molecule has 0 saturated heterocycles. The van der Waals surface area contributed by atoms with Crippen LogP contribution in [0.5, 0.6) is 11.5 Å². The van der Waals surface area contributed by atoms with Gasteiger partial charge in [-0.25, -0.2) is 9.98 Å². The Morgan fingerprint density at radius 2 is 1.74 bits per heavy atom. The van der Waals surface area contributed by atoms with Crippen LogP contribution in [0.1, 0.15) is 32.0 Å². The minimum atomic E-state index is 0. The number of nitrogens with zero attached hydrogens (tertiary/aromatic N) is 3. The lowest BCUT2D eigenvalue weighted by Gasteiger charge is -2.14. The smallest absolute Gasteiger partial charge is 0.191 e. The summed E-state index contributed by atoms with van der Waals surface area (Å²) in [6, 6.07) is 12.1. The van der Waals surface area contributed by atoms with Gasteiger partial charge in [-0.05, 0) is 57.0 Å². The molecule has 1 aromatic heterocycles. The fraction of sp³-hybridized carbons (Fsp3) is 0.478. The number of aromatic nitrogens is 1. The van der Waals surface area contributed by atoms with Crippen molar-refractivity contribution in [3.05, 3.63) is 47.7 Å². The molecule has 0 bridgehead atoms. The lowest BCUT2D eigenvalue weighted by atomic mass is 10.1. The van der Waals surface area contributed by atoms with Crippen LogP contribution in [0.25, 0.3) is 0 Å². The van der Waals surface area contributed by atoms with Crippen molar-refractivity contribution >= 4 is 35.8 Å². The summed E-state index contributed by atoms with van der Waals surface area (Å²) in [7, 11) is 3.97. The van der Waals surface area contributed by atoms with E-state index in [9.17, 15) is 0 Å². The van der Waals surface area contributed by atoms with Crippen molar-refractivity contribution in [2.45, 2.75) is 33.7 Å². The molecule has 0 fully saturated rings. The van der Waals surface area contributed by atoms with Crippen molar-refractivity contribution in [1.82, 2.24) is 15.6 Å². The average Bonchev–Trinajstić information content (AvgIpc) is 2.74. The van der Waals surface area contributed by atoms with E-state index in [1.165, 1.54) is 5.56 Å². The summed E-state index contributed by atoms with van der Waals surface area (Å²) >= 11 is 0. The minimum absolute atomic E-state index is 0. The minimum Gasteiger partial charge on any atom is -0.490 e. The van der Waals surface area contributed by atoms with Gasteiger partial charge in [-0.15, -0.1) is 24.0 Å². The topological polar surface area (TPSA) is 71.0 Å². The number of anilines is 1. The van der Waals surface area contributed by atoms with Gasteiger partial charge in [0.25, 0.3) is 0 Å². The molecule has 0 aliphatic carbocycles. The van der Waals surface area contributed by atoms with Gasteiger partial charge in [0.2, 0.25) is 0 Å². The van der Waals surface area contributed by atoms with Crippen LogP contribution >= 0.6 is 24.0 Å². The average molecular weight is 541 g/mol. The summed E-state index contributed by atoms with van der Waals surface area (Å²) in [5, 5.41) is 6.69. The lowest BCUT2D eigenvalue weighted by molar-refractivity contribution is 0.287. The molecule has 0 atom stereocenters. The van der Waals surface area contributed by atoms with Gasteiger partial charge in [-0.2, -0.15) is 0 Å². The van der Waals surface area contributed by atoms with Crippen LogP contribution in [0.4, 0.5) is 5.82 Å². The van der Waals surface area contributed by atoms with Gasteiger partial charge in [-0.1, -0.05) is 12.1 Å². The molecular weight excluding hydrogens is 505 g/mol. The third-order valence-corrected chi connectivity index (χ3v) is 4.31. The van der Waals surface area contributed by atoms with E-state index in [0.717, 1.165) is 48.5 Å². The molecule has 0 amide bonds. The highest BCUT2D eigenvalue weighted by Gasteiger charge is 2.07. The number of nitrogens with one attached hydrogen (secondary N) is 2. The highest BCUT2D eigenvalue weighted by molar-refractivity contribution is 14.0. The number of ether oxygens (including phenoxy) is 2. The summed E-state index contributed by atoms with van der Waals surface area (Å²) in [6.45, 7) is 9.33. The summed E-state index contributed by atoms with van der Waals surface area (Å²) in [6.07, 6.45) is 0.852. The van der Waals surface area contributed by atoms with Crippen molar-refractivity contribution in [3.8, 4) is 11.5 Å². The molecule has 2 rings (SSSR count). The van der Waals surface area contributed by atoms with Crippen LogP contribution in [0.15, 0.2) is 41.4 Å². The molecule has 1 heterocycles. The number of halogens is 1. The molecule has 2 N–H and O–H groups in total. The Hall–Kier alpha value is -2.23. The number of guanidine groups is 1. The summed E-state index contributed by atoms with van der Waals surface area (Å²) in [4.78, 5) is 11.3. The first-order chi connectivity index (χ1) is 14.6. The Bertz CT molecular complexity index is 814. The van der Waals surface area contributed by atoms with Crippen LogP contribution in [0.3, 0.4) is 0 Å². The first kappa shape index (κ1) is 26.8. The number of rotatable bonds is 11. The molecule has 0 aliphatic rings. The van der Waals surface area contributed by atoms with Gasteiger partial charge < -0.3 is 25.0 Å². The van der Waals surface area contributed by atoms with E-state index in [2.05, 4.69) is 39.7 Å². The quantitative estimate of drug-likeness (QED) is 0.256. The summed E-state index contributed by atoms with van der Waals surface area (Å²) < 4.78 is 11.4. The van der Waals surface area contributed by atoms with E-state index in [-0.39, 0.29) is 24.0 Å². The van der Waals surface area contributed by atoms with Crippen molar-refractivity contribution in [2.75, 3.05) is 45.3 Å². The molecule has 31 heavy (non-hydrogen) atoms. The van der Waals surface area contributed by atoms with Crippen molar-refractivity contribution < 1.29 is 9.47 Å². The monoisotopic (exact) mass is 541 g/mol. The normalized spacial score (nSPS) is 10.8. The number of hydrogen-bond donors (Lipinski definition) is 2. The first-order valence-electron chi connectivity index (χ1n) is 10.6. The Morgan fingerprint density at radius 1 is 1.00 bits per heavy atom. The van der Waals surface area contributed by atoms with E-state index < -0.39 is 0 Å². The Balaban J connectivity index is 0.00000480. The van der Waals surface area contributed by atoms with Gasteiger partial charge >= 0.3 is 0 Å². The Kier molecular flexibility index (Phi) is 12.7. The molecule has 0 aliphatic heterocycles. The third kappa shape index (κ3) is 9.20. The second-order valence-corrected chi connectivity index (χ2v) is 6.90. The van der Waals surface area contributed by atoms with Crippen LogP contribution in [-0.4, -0.2) is 51.3 Å². The number of pyridine rings is 1. The predicted octanol–water partition coefficient (Wildman–Crippen LogP) is 3.86. The van der Waals surface area contributed by atoms with Gasteiger partial charge in [0, 0.05) is 27.2 Å². The van der Waals surface area contributed by atoms with Crippen LogP contribution in [0, 0.1) is 0 Å². The highest BCUT2D eigenvalue weighted by Crippen LogP contribution is 2.28. The molecule has 8 heteroatoms. The van der Waals surface area contributed by atoms with E-state index >= 15 is 0 Å². The molecule has 172 valence electrons. The van der Waals surface area contributed by atoms with E-state index in [4.69, 9.17) is 9.47 Å². The van der Waals surface area contributed by atoms with Gasteiger partial charge in [-0.3, -0.25) is 0 Å². The summed E-state index contributed by atoms with van der Waals surface area (Å²) in [5.41, 5.74) is 2.12. The van der Waals surface area contributed by atoms with E-state index in [0.29, 0.717) is 19.8 Å². The number of hydrogen-bond acceptors (Lipinski definition) is 5. The van der Waals surface area contributed by atoms with Gasteiger partial charge in [0.05, 0.1) is 25.5 Å². The fourth-order valence-electron chi connectivity index (χ4n) is 2.88. The molecule has 1 aromatic carbocycles. The largest absolute Gasteiger partial charge is 0.490 e. The third-order valence-electron chi connectivity index (χ3n) is 4.31. The second kappa shape index (κ2) is 14.7. The Morgan fingerprint density at radius 3 is 2.42 bits per heavy atom. The highest BCUT2D eigenvalue weighted by atomic mass is 127. The first-order valence-corrected chi connectivity index (χ1v) is 10.6. The molecule has 0 radical (unpaired) electrons. The van der Waals surface area contributed by atoms with Crippen LogP contribution < -0.4 is 25.0 Å². The molecule has 2 aromatic rings. The number of aliphatic imine (C=N–C) groups is 1. The SMILES string of the molecule is CCNC(=NCc1cccc(N(C)C)n1)NCCc1ccc(OCC)c(OCC)c1.I. The zero-order valence-electron chi connectivity index (χ0n) is 19.3. The Labute approximate surface area is 203 Å². The van der Waals surface area contributed by atoms with Crippen molar-refractivity contribution in [2.24, 2.45) is 4.99 Å². The van der Waals surface area contributed by atoms with Crippen molar-refractivity contribution in [3.63, 3.8) is 0 Å². The van der Waals surface area contributed by atoms with Gasteiger partial charge in [0.15, 0.2) is 17.5 Å². The van der Waals surface area contributed by atoms with Crippen molar-refractivity contribution in [1.29, 1.82) is 0 Å². The zero-order valence-corrected chi connectivity index (χ0v) is 21.6. The van der Waals surface area contributed by atoms with Crippen LogP contribution in [-0.2, 0) is 13.0 Å². The molecule has 0 saturated carbocycles. The zero-order chi connectivity index (χ0) is 21.8. The lowest BCUT2D eigenvalue weighted by Crippen LogP contribution is -2.38.